The van der Waals surface area contributed by atoms with Gasteiger partial charge in [-0.2, -0.15) is 4.68 Å². The summed E-state index contributed by atoms with van der Waals surface area (Å²) in [6.07, 6.45) is 0.816. The molecule has 7 nitrogen and oxygen atoms in total. The molecular formula is C12H21N4NaO3S. The second-order valence-corrected chi connectivity index (χ2v) is 6.17. The van der Waals surface area contributed by atoms with Gasteiger partial charge in [-0.1, -0.05) is 32.5 Å². The molecule has 1 N–H and O–H groups in total. The Labute approximate surface area is 150 Å². The summed E-state index contributed by atoms with van der Waals surface area (Å²) < 4.78 is 1.17. The van der Waals surface area contributed by atoms with Gasteiger partial charge in [0.1, 0.15) is 0 Å². The van der Waals surface area contributed by atoms with Gasteiger partial charge in [0.05, 0.1) is 5.75 Å². The summed E-state index contributed by atoms with van der Waals surface area (Å²) in [4.78, 5) is 28.4. The fourth-order valence-electron chi connectivity index (χ4n) is 1.28. The van der Waals surface area contributed by atoms with E-state index in [4.69, 9.17) is 5.11 Å². The molecule has 1 aromatic heterocycles. The summed E-state index contributed by atoms with van der Waals surface area (Å²) in [6.45, 7) is 5.98. The van der Waals surface area contributed by atoms with E-state index in [2.05, 4.69) is 10.1 Å². The fourth-order valence-corrected chi connectivity index (χ4v) is 1.92. The first-order chi connectivity index (χ1) is 9.19. The second-order valence-electron chi connectivity index (χ2n) is 5.23. The number of nitrogens with zero attached hydrogens (tertiary/aromatic N) is 4. The molecule has 0 saturated heterocycles. The van der Waals surface area contributed by atoms with Crippen LogP contribution in [0.2, 0.25) is 0 Å². The van der Waals surface area contributed by atoms with Crippen LogP contribution in [0.1, 0.15) is 33.0 Å². The van der Waals surface area contributed by atoms with Gasteiger partial charge in [0, 0.05) is 19.5 Å². The Morgan fingerprint density at radius 2 is 1.95 bits per heavy atom. The fraction of sp³-hybridized carbons (Fsp3) is 0.667. The van der Waals surface area contributed by atoms with Gasteiger partial charge in [0.2, 0.25) is 0 Å². The maximum absolute atomic E-state index is 12.1. The average Bonchev–Trinajstić information content (AvgIpc) is 2.79. The van der Waals surface area contributed by atoms with Gasteiger partial charge < -0.3 is 10.0 Å². The van der Waals surface area contributed by atoms with E-state index in [0.29, 0.717) is 11.0 Å². The molecule has 0 saturated carbocycles. The normalized spacial score (nSPS) is 10.9. The van der Waals surface area contributed by atoms with Crippen LogP contribution in [0, 0.1) is 0 Å². The van der Waals surface area contributed by atoms with E-state index in [9.17, 15) is 9.59 Å². The molecular weight excluding hydrogens is 303 g/mol. The zero-order valence-corrected chi connectivity index (χ0v) is 13.2. The Balaban J connectivity index is 0.00000400. The number of amides is 1. The van der Waals surface area contributed by atoms with E-state index in [0.717, 1.165) is 18.2 Å². The topological polar surface area (TPSA) is 88.3 Å². The molecule has 0 radical (unpaired) electrons. The monoisotopic (exact) mass is 324 g/mol. The zero-order chi connectivity index (χ0) is 15.5. The number of hydrogen-bond donors (Lipinski definition) is 1. The number of thioether (sulfide) groups is 1. The molecule has 0 aromatic carbocycles. The van der Waals surface area contributed by atoms with Crippen molar-refractivity contribution in [2.24, 2.45) is 0 Å². The first-order valence-electron chi connectivity index (χ1n) is 6.22. The molecule has 0 aliphatic rings. The third kappa shape index (κ3) is 5.28. The third-order valence-corrected chi connectivity index (χ3v) is 3.87. The quantitative estimate of drug-likeness (QED) is 0.643. The van der Waals surface area contributed by atoms with Crippen molar-refractivity contribution in [1.82, 2.24) is 19.7 Å². The predicted molar refractivity (Wildman–Crippen MR) is 83.3 cm³/mol. The van der Waals surface area contributed by atoms with E-state index in [1.807, 2.05) is 20.8 Å². The van der Waals surface area contributed by atoms with Gasteiger partial charge in [0.25, 0.3) is 0 Å². The maximum atomic E-state index is 12.1. The van der Waals surface area contributed by atoms with Crippen LogP contribution in [-0.2, 0) is 10.2 Å². The minimum atomic E-state index is -0.960. The standard InChI is InChI=1S/C12H20N4O3S.Na.H/c1-6-12(2,3)9-13-10(20-7-8(17)18)16(14-9)11(19)15(4)5;;/h6-7H2,1-5H3,(H,17,18);;. The van der Waals surface area contributed by atoms with Gasteiger partial charge in [-0.15, -0.1) is 5.10 Å². The molecule has 0 atom stereocenters. The molecule has 1 aromatic rings. The van der Waals surface area contributed by atoms with E-state index in [1.54, 1.807) is 14.1 Å². The molecule has 1 amide bonds. The Morgan fingerprint density at radius 3 is 2.38 bits per heavy atom. The van der Waals surface area contributed by atoms with Crippen LogP contribution in [0.5, 0.6) is 0 Å². The van der Waals surface area contributed by atoms with Crippen LogP contribution in [0.15, 0.2) is 5.16 Å². The van der Waals surface area contributed by atoms with Crippen LogP contribution >= 0.6 is 11.8 Å². The number of carbonyl (C=O) groups excluding carboxylic acids is 1. The number of hydrogen-bond acceptors (Lipinski definition) is 5. The van der Waals surface area contributed by atoms with Gasteiger partial charge in [0.15, 0.2) is 11.0 Å². The molecule has 9 heteroatoms. The molecule has 1 rings (SSSR count). The number of carbonyl (C=O) groups is 2. The molecule has 21 heavy (non-hydrogen) atoms. The Morgan fingerprint density at radius 1 is 1.38 bits per heavy atom. The molecule has 114 valence electrons. The zero-order valence-electron chi connectivity index (χ0n) is 12.4. The van der Waals surface area contributed by atoms with Gasteiger partial charge in [-0.05, 0) is 6.42 Å². The van der Waals surface area contributed by atoms with Crippen LogP contribution in [0.4, 0.5) is 4.79 Å². The number of rotatable bonds is 5. The van der Waals surface area contributed by atoms with E-state index in [-0.39, 0.29) is 46.8 Å². The van der Waals surface area contributed by atoms with E-state index < -0.39 is 5.97 Å². The molecule has 1 heterocycles. The summed E-state index contributed by atoms with van der Waals surface area (Å²) >= 11 is 0.991. The van der Waals surface area contributed by atoms with Crippen LogP contribution in [0.3, 0.4) is 0 Å². The van der Waals surface area contributed by atoms with Crippen LogP contribution in [-0.4, -0.2) is 86.2 Å². The summed E-state index contributed by atoms with van der Waals surface area (Å²) in [6, 6.07) is -0.344. The average molecular weight is 324 g/mol. The Bertz CT molecular complexity index is 517. The first-order valence-corrected chi connectivity index (χ1v) is 7.21. The summed E-state index contributed by atoms with van der Waals surface area (Å²) in [5.74, 6) is -0.577. The molecule has 0 bridgehead atoms. The van der Waals surface area contributed by atoms with Crippen LogP contribution < -0.4 is 0 Å². The molecule has 0 aliphatic heterocycles. The number of aromatic nitrogens is 3. The minimum absolute atomic E-state index is 0. The molecule has 0 spiro atoms. The van der Waals surface area contributed by atoms with Crippen molar-refractivity contribution in [3.63, 3.8) is 0 Å². The first kappa shape index (κ1) is 20.4. The number of aliphatic carboxylic acids is 1. The van der Waals surface area contributed by atoms with Gasteiger partial charge in [-0.25, -0.2) is 9.78 Å². The van der Waals surface area contributed by atoms with Crippen molar-refractivity contribution in [2.45, 2.75) is 37.8 Å². The molecule has 0 fully saturated rings. The van der Waals surface area contributed by atoms with Crippen molar-refractivity contribution >= 4 is 53.3 Å². The Kier molecular flexibility index (Phi) is 7.94. The third-order valence-electron chi connectivity index (χ3n) is 2.96. The van der Waals surface area contributed by atoms with Crippen LogP contribution in [0.25, 0.3) is 0 Å². The van der Waals surface area contributed by atoms with Crippen molar-refractivity contribution in [3.8, 4) is 0 Å². The number of carboxylic acids is 1. The molecule has 0 aliphatic carbocycles. The van der Waals surface area contributed by atoms with Crippen molar-refractivity contribution in [2.75, 3.05) is 19.8 Å². The summed E-state index contributed by atoms with van der Waals surface area (Å²) in [7, 11) is 3.22. The second kappa shape index (κ2) is 8.17. The SMILES string of the molecule is CCC(C)(C)c1nc(SCC(=O)O)n(C(=O)N(C)C)n1.[NaH]. The summed E-state index contributed by atoms with van der Waals surface area (Å²) in [5, 5.41) is 13.3. The predicted octanol–water partition coefficient (Wildman–Crippen LogP) is 1.02. The molecule has 0 unspecified atom stereocenters. The van der Waals surface area contributed by atoms with Gasteiger partial charge in [-0.3, -0.25) is 4.79 Å². The van der Waals surface area contributed by atoms with Crippen molar-refractivity contribution < 1.29 is 14.7 Å². The van der Waals surface area contributed by atoms with Crippen molar-refractivity contribution in [1.29, 1.82) is 0 Å². The van der Waals surface area contributed by atoms with E-state index in [1.165, 1.54) is 9.58 Å². The number of carboxylic acid groups (broad SMARTS) is 1. The van der Waals surface area contributed by atoms with Crippen molar-refractivity contribution in [3.05, 3.63) is 5.82 Å². The Hall–Kier alpha value is -0.570. The summed E-state index contributed by atoms with van der Waals surface area (Å²) in [5.41, 5.74) is -0.267. The van der Waals surface area contributed by atoms with E-state index >= 15 is 0 Å². The van der Waals surface area contributed by atoms with Gasteiger partial charge >= 0.3 is 41.6 Å².